The zero-order valence-electron chi connectivity index (χ0n) is 5.19. The number of rotatable bonds is 1. The lowest BCUT2D eigenvalue weighted by atomic mass is 10.2. The summed E-state index contributed by atoms with van der Waals surface area (Å²) in [5, 5.41) is 26.2. The van der Waals surface area contributed by atoms with Gasteiger partial charge in [-0.15, -0.1) is 0 Å². The molecule has 1 aliphatic carbocycles. The summed E-state index contributed by atoms with van der Waals surface area (Å²) in [6, 6.07) is 0. The highest BCUT2D eigenvalue weighted by molar-refractivity contribution is 5.97. The lowest BCUT2D eigenvalue weighted by Crippen LogP contribution is -2.28. The predicted molar refractivity (Wildman–Crippen MR) is 32.2 cm³/mol. The molecule has 56 valence electrons. The maximum Gasteiger partial charge on any atom is 0.187 e. The first-order valence-electron chi connectivity index (χ1n) is 2.88. The van der Waals surface area contributed by atoms with Crippen LogP contribution < -0.4 is 0 Å². The Hall–Kier alpha value is -0.710. The van der Waals surface area contributed by atoms with E-state index < -0.39 is 18.0 Å². The summed E-state index contributed by atoms with van der Waals surface area (Å²) >= 11 is 0. The molecule has 0 saturated heterocycles. The summed E-state index contributed by atoms with van der Waals surface area (Å²) in [6.45, 7) is -0.385. The minimum absolute atomic E-state index is 0.178. The molecule has 0 aromatic rings. The molecule has 1 rings (SSSR count). The van der Waals surface area contributed by atoms with Gasteiger partial charge in [-0.1, -0.05) is 0 Å². The Balaban J connectivity index is 2.78. The van der Waals surface area contributed by atoms with Crippen molar-refractivity contribution in [2.45, 2.75) is 12.2 Å². The molecule has 0 aliphatic heterocycles. The van der Waals surface area contributed by atoms with Gasteiger partial charge in [-0.05, 0) is 11.6 Å². The average molecular weight is 144 g/mol. The molecule has 0 amide bonds. The molecule has 4 heteroatoms. The fraction of sp³-hybridized carbons (Fsp3) is 0.500. The van der Waals surface area contributed by atoms with E-state index in [-0.39, 0.29) is 12.2 Å². The van der Waals surface area contributed by atoms with Gasteiger partial charge < -0.3 is 15.3 Å². The fourth-order valence-electron chi connectivity index (χ4n) is 0.851. The largest absolute Gasteiger partial charge is 0.392 e. The number of ketones is 1. The third-order valence-electron chi connectivity index (χ3n) is 1.48. The molecule has 0 aromatic heterocycles. The molecule has 0 saturated carbocycles. The molecule has 0 heterocycles. The van der Waals surface area contributed by atoms with Crippen LogP contribution in [-0.2, 0) is 4.79 Å². The first-order chi connectivity index (χ1) is 4.66. The van der Waals surface area contributed by atoms with Gasteiger partial charge in [-0.3, -0.25) is 4.79 Å². The first kappa shape index (κ1) is 7.40. The summed E-state index contributed by atoms with van der Waals surface area (Å²) in [5.41, 5.74) is 0.178. The number of carbonyl (C=O) groups excluding carboxylic acids is 1. The molecule has 0 aromatic carbocycles. The molecule has 2 atom stereocenters. The smallest absolute Gasteiger partial charge is 0.187 e. The fourth-order valence-corrected chi connectivity index (χ4v) is 0.851. The predicted octanol–water partition coefficient (Wildman–Crippen LogP) is -1.79. The van der Waals surface area contributed by atoms with Gasteiger partial charge >= 0.3 is 0 Å². The molecule has 0 spiro atoms. The van der Waals surface area contributed by atoms with Crippen LogP contribution in [0.2, 0.25) is 0 Å². The molecule has 3 N–H and O–H groups in total. The van der Waals surface area contributed by atoms with Crippen LogP contribution in [0.4, 0.5) is 0 Å². The molecule has 0 fully saturated rings. The van der Waals surface area contributed by atoms with E-state index >= 15 is 0 Å². The van der Waals surface area contributed by atoms with E-state index in [1.165, 1.54) is 0 Å². The molecule has 0 radical (unpaired) electrons. The second kappa shape index (κ2) is 2.49. The zero-order chi connectivity index (χ0) is 7.72. The first-order valence-corrected chi connectivity index (χ1v) is 2.88. The Kier molecular flexibility index (Phi) is 1.85. The van der Waals surface area contributed by atoms with E-state index in [9.17, 15) is 4.79 Å². The zero-order valence-corrected chi connectivity index (χ0v) is 5.19. The van der Waals surface area contributed by atoms with E-state index in [0.29, 0.717) is 0 Å². The van der Waals surface area contributed by atoms with Crippen molar-refractivity contribution in [3.8, 4) is 0 Å². The Labute approximate surface area is 57.4 Å². The number of carbonyl (C=O) groups is 1. The minimum atomic E-state index is -1.37. The van der Waals surface area contributed by atoms with Crippen molar-refractivity contribution in [2.75, 3.05) is 6.61 Å². The van der Waals surface area contributed by atoms with Crippen LogP contribution in [0.3, 0.4) is 0 Å². The average Bonchev–Trinajstić information content (AvgIpc) is 2.17. The number of hydrogen-bond donors (Lipinski definition) is 3. The highest BCUT2D eigenvalue weighted by Gasteiger charge is 2.32. The molecule has 0 unspecified atom stereocenters. The van der Waals surface area contributed by atoms with Crippen LogP contribution in [-0.4, -0.2) is 39.9 Å². The van der Waals surface area contributed by atoms with Gasteiger partial charge in [0.25, 0.3) is 0 Å². The Morgan fingerprint density at radius 2 is 2.00 bits per heavy atom. The van der Waals surface area contributed by atoms with Gasteiger partial charge in [0.1, 0.15) is 12.2 Å². The standard InChI is InChI=1S/C6H8O4/c7-2-3-1-4(8)6(10)5(3)9/h1,5-7,9-10H,2H2/t5-,6+/m1/s1. The SMILES string of the molecule is O=C1C=C(CO)[C@@H](O)[C@H]1O. The Morgan fingerprint density at radius 3 is 2.20 bits per heavy atom. The van der Waals surface area contributed by atoms with E-state index in [1.807, 2.05) is 0 Å². The highest BCUT2D eigenvalue weighted by atomic mass is 16.3. The van der Waals surface area contributed by atoms with Crippen molar-refractivity contribution in [1.29, 1.82) is 0 Å². The minimum Gasteiger partial charge on any atom is -0.392 e. The molecular weight excluding hydrogens is 136 g/mol. The highest BCUT2D eigenvalue weighted by Crippen LogP contribution is 2.15. The van der Waals surface area contributed by atoms with Crippen LogP contribution in [0.5, 0.6) is 0 Å². The molecule has 4 nitrogen and oxygen atoms in total. The van der Waals surface area contributed by atoms with E-state index in [4.69, 9.17) is 15.3 Å². The Morgan fingerprint density at radius 1 is 1.40 bits per heavy atom. The van der Waals surface area contributed by atoms with Crippen molar-refractivity contribution in [3.63, 3.8) is 0 Å². The van der Waals surface area contributed by atoms with Crippen molar-refractivity contribution in [1.82, 2.24) is 0 Å². The van der Waals surface area contributed by atoms with Crippen LogP contribution >= 0.6 is 0 Å². The third-order valence-corrected chi connectivity index (χ3v) is 1.48. The molecule has 0 bridgehead atoms. The maximum absolute atomic E-state index is 10.6. The van der Waals surface area contributed by atoms with E-state index in [0.717, 1.165) is 6.08 Å². The van der Waals surface area contributed by atoms with E-state index in [2.05, 4.69) is 0 Å². The van der Waals surface area contributed by atoms with Crippen molar-refractivity contribution >= 4 is 5.78 Å². The van der Waals surface area contributed by atoms with E-state index in [1.54, 1.807) is 0 Å². The van der Waals surface area contributed by atoms with Gasteiger partial charge in [0.15, 0.2) is 5.78 Å². The maximum atomic E-state index is 10.6. The molecule has 10 heavy (non-hydrogen) atoms. The lowest BCUT2D eigenvalue weighted by Gasteiger charge is -2.07. The monoisotopic (exact) mass is 144 g/mol. The third kappa shape index (κ3) is 0.965. The Bertz CT molecular complexity index is 184. The summed E-state index contributed by atoms with van der Waals surface area (Å²) in [7, 11) is 0. The topological polar surface area (TPSA) is 77.8 Å². The molecular formula is C6H8O4. The van der Waals surface area contributed by atoms with Crippen LogP contribution in [0.25, 0.3) is 0 Å². The summed E-state index contributed by atoms with van der Waals surface area (Å²) in [6.07, 6.45) is -1.52. The van der Waals surface area contributed by atoms with Crippen LogP contribution in [0.15, 0.2) is 11.6 Å². The van der Waals surface area contributed by atoms with Gasteiger partial charge in [0.05, 0.1) is 6.61 Å². The van der Waals surface area contributed by atoms with Crippen molar-refractivity contribution < 1.29 is 20.1 Å². The lowest BCUT2D eigenvalue weighted by molar-refractivity contribution is -0.124. The van der Waals surface area contributed by atoms with Crippen LogP contribution in [0, 0.1) is 0 Å². The number of hydrogen-bond acceptors (Lipinski definition) is 4. The normalized spacial score (nSPS) is 32.7. The van der Waals surface area contributed by atoms with Crippen LogP contribution in [0.1, 0.15) is 0 Å². The van der Waals surface area contributed by atoms with Crippen molar-refractivity contribution in [3.05, 3.63) is 11.6 Å². The van der Waals surface area contributed by atoms with Gasteiger partial charge in [-0.25, -0.2) is 0 Å². The second-order valence-electron chi connectivity index (χ2n) is 2.17. The second-order valence-corrected chi connectivity index (χ2v) is 2.17. The number of aliphatic hydroxyl groups excluding tert-OH is 3. The van der Waals surface area contributed by atoms with Crippen molar-refractivity contribution in [2.24, 2.45) is 0 Å². The van der Waals surface area contributed by atoms with Gasteiger partial charge in [0, 0.05) is 0 Å². The summed E-state index contributed by atoms with van der Waals surface area (Å²) in [5.74, 6) is -0.545. The number of aliphatic hydroxyl groups is 3. The summed E-state index contributed by atoms with van der Waals surface area (Å²) < 4.78 is 0. The van der Waals surface area contributed by atoms with Gasteiger partial charge in [0.2, 0.25) is 0 Å². The summed E-state index contributed by atoms with van der Waals surface area (Å²) in [4.78, 5) is 10.6. The van der Waals surface area contributed by atoms with Gasteiger partial charge in [-0.2, -0.15) is 0 Å². The quantitative estimate of drug-likeness (QED) is 0.406. The molecule has 1 aliphatic rings.